The fourth-order valence-corrected chi connectivity index (χ4v) is 3.77. The fourth-order valence-electron chi connectivity index (χ4n) is 3.77. The molecule has 1 fully saturated rings. The van der Waals surface area contributed by atoms with Crippen LogP contribution >= 0.6 is 12.4 Å². The fraction of sp³-hybridized carbons (Fsp3) is 0.435. The first-order valence-corrected chi connectivity index (χ1v) is 9.89. The van der Waals surface area contributed by atoms with Crippen LogP contribution in [0.5, 0.6) is 5.75 Å². The number of rotatable bonds is 9. The zero-order chi connectivity index (χ0) is 19.9. The van der Waals surface area contributed by atoms with Gasteiger partial charge in [0, 0.05) is 6.42 Å². The lowest BCUT2D eigenvalue weighted by atomic mass is 10.0. The van der Waals surface area contributed by atoms with Crippen molar-refractivity contribution in [2.24, 2.45) is 5.92 Å². The van der Waals surface area contributed by atoms with Crippen molar-refractivity contribution in [1.82, 2.24) is 0 Å². The molecular weight excluding hydrogens is 398 g/mol. The third-order valence-corrected chi connectivity index (χ3v) is 5.31. The van der Waals surface area contributed by atoms with E-state index in [9.17, 15) is 18.7 Å². The van der Waals surface area contributed by atoms with Crippen LogP contribution in [-0.2, 0) is 6.42 Å². The van der Waals surface area contributed by atoms with Crippen LogP contribution in [0, 0.1) is 17.6 Å². The summed E-state index contributed by atoms with van der Waals surface area (Å²) in [5.74, 6) is -0.264. The maximum atomic E-state index is 13.7. The average molecular weight is 425 g/mol. The Kier molecular flexibility index (Phi) is 9.05. The third-order valence-electron chi connectivity index (χ3n) is 5.31. The molecule has 2 aromatic rings. The van der Waals surface area contributed by atoms with E-state index in [0.29, 0.717) is 18.8 Å². The quantitative estimate of drug-likeness (QED) is 0.539. The van der Waals surface area contributed by atoms with Gasteiger partial charge in [-0.05, 0) is 54.7 Å². The summed E-state index contributed by atoms with van der Waals surface area (Å²) in [4.78, 5) is 12.6. The van der Waals surface area contributed by atoms with Gasteiger partial charge in [0.1, 0.15) is 24.0 Å². The first kappa shape index (κ1) is 23.3. The molecule has 1 aliphatic rings. The molecule has 1 aliphatic carbocycles. The lowest BCUT2D eigenvalue weighted by molar-refractivity contribution is 0.0833. The molecule has 3 rings (SSSR count). The van der Waals surface area contributed by atoms with Gasteiger partial charge in [-0.2, -0.15) is 0 Å². The number of ether oxygens (including phenoxy) is 1. The number of aliphatic hydroxyl groups excluding tert-OH is 1. The lowest BCUT2D eigenvalue weighted by Crippen LogP contribution is -2.21. The number of benzene rings is 2. The Labute approximate surface area is 176 Å². The summed E-state index contributed by atoms with van der Waals surface area (Å²) in [6.45, 7) is 0.0837. The number of carbonyl (C=O) groups excluding carboxylic acids is 1. The van der Waals surface area contributed by atoms with Gasteiger partial charge >= 0.3 is 0 Å². The summed E-state index contributed by atoms with van der Waals surface area (Å²) in [7, 11) is 0. The van der Waals surface area contributed by atoms with Crippen LogP contribution in [0.1, 0.15) is 54.4 Å². The highest BCUT2D eigenvalue weighted by Gasteiger charge is 2.20. The molecule has 1 unspecified atom stereocenters. The predicted molar refractivity (Wildman–Crippen MR) is 111 cm³/mol. The van der Waals surface area contributed by atoms with Crippen LogP contribution in [0.2, 0.25) is 0 Å². The summed E-state index contributed by atoms with van der Waals surface area (Å²) in [6, 6.07) is 9.81. The molecule has 0 spiro atoms. The molecule has 2 aromatic carbocycles. The zero-order valence-electron chi connectivity index (χ0n) is 16.3. The van der Waals surface area contributed by atoms with E-state index < -0.39 is 11.9 Å². The molecule has 0 heterocycles. The van der Waals surface area contributed by atoms with Gasteiger partial charge < -0.3 is 9.84 Å². The Morgan fingerprint density at radius 2 is 1.72 bits per heavy atom. The van der Waals surface area contributed by atoms with Gasteiger partial charge in [0.2, 0.25) is 0 Å². The minimum atomic E-state index is -0.602. The van der Waals surface area contributed by atoms with Crippen molar-refractivity contribution in [1.29, 1.82) is 0 Å². The molecule has 6 heteroatoms. The van der Waals surface area contributed by atoms with Crippen molar-refractivity contribution in [3.63, 3.8) is 0 Å². The van der Waals surface area contributed by atoms with Crippen LogP contribution in [0.3, 0.4) is 0 Å². The smallest absolute Gasteiger partial charge is 0.167 e. The standard InChI is InChI=1S/C23H26F2O3.ClH/c24-18-8-5-16(6-9-18)7-11-22(27)21-14-19(25)10-12-23(21)28-15-20(26)13-17-3-1-2-4-17;/h5-6,8-10,12,14,17,20,26H,1-4,7,11,13,15H2;1H. The molecule has 0 amide bonds. The molecule has 158 valence electrons. The van der Waals surface area contributed by atoms with Gasteiger partial charge in [-0.1, -0.05) is 37.8 Å². The van der Waals surface area contributed by atoms with E-state index in [1.54, 1.807) is 12.1 Å². The van der Waals surface area contributed by atoms with Crippen molar-refractivity contribution >= 4 is 18.2 Å². The van der Waals surface area contributed by atoms with Crippen molar-refractivity contribution < 1.29 is 23.4 Å². The van der Waals surface area contributed by atoms with E-state index in [-0.39, 0.29) is 48.3 Å². The Morgan fingerprint density at radius 1 is 1.07 bits per heavy atom. The molecular formula is C23H27ClF2O3. The number of hydrogen-bond donors (Lipinski definition) is 1. The van der Waals surface area contributed by atoms with Gasteiger partial charge in [-0.15, -0.1) is 12.4 Å². The number of halogens is 3. The molecule has 0 bridgehead atoms. The van der Waals surface area contributed by atoms with E-state index in [4.69, 9.17) is 4.74 Å². The second-order valence-electron chi connectivity index (χ2n) is 7.54. The van der Waals surface area contributed by atoms with Crippen LogP contribution in [0.25, 0.3) is 0 Å². The molecule has 0 saturated heterocycles. The number of Topliss-reactive ketones (excluding diaryl/α,β-unsaturated/α-hetero) is 1. The molecule has 0 aromatic heterocycles. The Bertz CT molecular complexity index is 789. The lowest BCUT2D eigenvalue weighted by Gasteiger charge is -2.17. The van der Waals surface area contributed by atoms with Crippen molar-refractivity contribution in [3.05, 3.63) is 65.2 Å². The maximum Gasteiger partial charge on any atom is 0.167 e. The Morgan fingerprint density at radius 3 is 2.41 bits per heavy atom. The Hall–Kier alpha value is -1.98. The normalized spacial score (nSPS) is 15.0. The molecule has 29 heavy (non-hydrogen) atoms. The monoisotopic (exact) mass is 424 g/mol. The number of carbonyl (C=O) groups is 1. The molecule has 0 aliphatic heterocycles. The first-order chi connectivity index (χ1) is 13.5. The number of aryl methyl sites for hydroxylation is 1. The predicted octanol–water partition coefficient (Wildman–Crippen LogP) is 5.52. The molecule has 0 radical (unpaired) electrons. The van der Waals surface area contributed by atoms with Gasteiger partial charge in [0.25, 0.3) is 0 Å². The van der Waals surface area contributed by atoms with Crippen LogP contribution in [0.4, 0.5) is 8.78 Å². The van der Waals surface area contributed by atoms with Crippen molar-refractivity contribution in [3.8, 4) is 5.75 Å². The number of aliphatic hydroxyl groups is 1. The maximum absolute atomic E-state index is 13.7. The van der Waals surface area contributed by atoms with Gasteiger partial charge in [0.05, 0.1) is 11.7 Å². The molecule has 3 nitrogen and oxygen atoms in total. The molecule has 1 N–H and O–H groups in total. The van der Waals surface area contributed by atoms with E-state index >= 15 is 0 Å². The zero-order valence-corrected chi connectivity index (χ0v) is 17.1. The summed E-state index contributed by atoms with van der Waals surface area (Å²) in [6.07, 6.45) is 5.38. The first-order valence-electron chi connectivity index (χ1n) is 9.89. The molecule has 1 atom stereocenters. The minimum Gasteiger partial charge on any atom is -0.490 e. The SMILES string of the molecule is Cl.O=C(CCc1ccc(F)cc1)c1cc(F)ccc1OCC(O)CC1CCCC1. The van der Waals surface area contributed by atoms with Gasteiger partial charge in [-0.25, -0.2) is 8.78 Å². The highest BCUT2D eigenvalue weighted by molar-refractivity contribution is 5.98. The largest absolute Gasteiger partial charge is 0.490 e. The second kappa shape index (κ2) is 11.3. The highest BCUT2D eigenvalue weighted by atomic mass is 35.5. The van der Waals surface area contributed by atoms with Crippen LogP contribution in [-0.4, -0.2) is 23.6 Å². The van der Waals surface area contributed by atoms with E-state index in [0.717, 1.165) is 18.4 Å². The highest BCUT2D eigenvalue weighted by Crippen LogP contribution is 2.29. The van der Waals surface area contributed by atoms with E-state index in [2.05, 4.69) is 0 Å². The third kappa shape index (κ3) is 7.09. The summed E-state index contributed by atoms with van der Waals surface area (Å²) in [5, 5.41) is 10.2. The summed E-state index contributed by atoms with van der Waals surface area (Å²) < 4.78 is 32.3. The van der Waals surface area contributed by atoms with Gasteiger partial charge in [0.15, 0.2) is 5.78 Å². The summed E-state index contributed by atoms with van der Waals surface area (Å²) in [5.41, 5.74) is 1.01. The van der Waals surface area contributed by atoms with Gasteiger partial charge in [-0.3, -0.25) is 4.79 Å². The minimum absolute atomic E-state index is 0. The van der Waals surface area contributed by atoms with Crippen LogP contribution in [0.15, 0.2) is 42.5 Å². The summed E-state index contributed by atoms with van der Waals surface area (Å²) >= 11 is 0. The average Bonchev–Trinajstić information content (AvgIpc) is 3.19. The van der Waals surface area contributed by atoms with Crippen LogP contribution < -0.4 is 4.74 Å². The number of ketones is 1. The topological polar surface area (TPSA) is 46.5 Å². The van der Waals surface area contributed by atoms with E-state index in [1.165, 1.54) is 43.2 Å². The van der Waals surface area contributed by atoms with Crippen molar-refractivity contribution in [2.45, 2.75) is 51.0 Å². The number of hydrogen-bond acceptors (Lipinski definition) is 3. The Balaban J connectivity index is 0.00000300. The second-order valence-corrected chi connectivity index (χ2v) is 7.54. The van der Waals surface area contributed by atoms with E-state index in [1.807, 2.05) is 0 Å². The molecule has 1 saturated carbocycles. The van der Waals surface area contributed by atoms with Crippen molar-refractivity contribution in [2.75, 3.05) is 6.61 Å².